The quantitative estimate of drug-likeness (QED) is 0.529. The highest BCUT2D eigenvalue weighted by atomic mass is 79.9. The van der Waals surface area contributed by atoms with Gasteiger partial charge in [-0.2, -0.15) is 0 Å². The van der Waals surface area contributed by atoms with Gasteiger partial charge in [0, 0.05) is 31.0 Å². The number of alkyl halides is 3. The summed E-state index contributed by atoms with van der Waals surface area (Å²) in [6.07, 6.45) is -3.27. The second-order valence-electron chi connectivity index (χ2n) is 6.60. The van der Waals surface area contributed by atoms with Crippen LogP contribution in [0.15, 0.2) is 58.1 Å². The van der Waals surface area contributed by atoms with Crippen LogP contribution in [0.1, 0.15) is 12.0 Å². The first-order valence-electron chi connectivity index (χ1n) is 8.86. The Morgan fingerprint density at radius 3 is 2.57 bits per heavy atom. The van der Waals surface area contributed by atoms with Gasteiger partial charge in [0.15, 0.2) is 0 Å². The number of carbonyl (C=O) groups is 1. The molecule has 0 N–H and O–H groups in total. The maximum absolute atomic E-state index is 12.6. The molecule has 0 aliphatic carbocycles. The third-order valence-electron chi connectivity index (χ3n) is 4.36. The molecule has 10 heteroatoms. The molecule has 0 unspecified atom stereocenters. The molecule has 0 aliphatic rings. The van der Waals surface area contributed by atoms with Crippen LogP contribution in [-0.2, 0) is 17.9 Å². The Morgan fingerprint density at radius 2 is 1.90 bits per heavy atom. The lowest BCUT2D eigenvalue weighted by Crippen LogP contribution is -2.29. The Balaban J connectivity index is 1.60. The Labute approximate surface area is 178 Å². The molecule has 0 radical (unpaired) electrons. The molecular formula is C20H17BrF3N3O3. The SMILES string of the molecule is CN(Cc1ccc(OC(F)(F)F)cc1)C(=O)CCn1cnc2ccc(Br)cc2c1=O. The molecule has 6 nitrogen and oxygen atoms in total. The molecule has 30 heavy (non-hydrogen) atoms. The summed E-state index contributed by atoms with van der Waals surface area (Å²) in [5, 5.41) is 0.453. The highest BCUT2D eigenvalue weighted by Gasteiger charge is 2.30. The van der Waals surface area contributed by atoms with Crippen molar-refractivity contribution in [1.82, 2.24) is 14.5 Å². The van der Waals surface area contributed by atoms with Gasteiger partial charge in [-0.15, -0.1) is 13.2 Å². The average Bonchev–Trinajstić information content (AvgIpc) is 2.68. The summed E-state index contributed by atoms with van der Waals surface area (Å²) in [5.74, 6) is -0.540. The van der Waals surface area contributed by atoms with Crippen LogP contribution in [0.2, 0.25) is 0 Å². The summed E-state index contributed by atoms with van der Waals surface area (Å²) in [6, 6.07) is 10.5. The molecule has 0 bridgehead atoms. The lowest BCUT2D eigenvalue weighted by Gasteiger charge is -2.18. The molecule has 0 spiro atoms. The Morgan fingerprint density at radius 1 is 1.20 bits per heavy atom. The highest BCUT2D eigenvalue weighted by Crippen LogP contribution is 2.23. The molecular weight excluding hydrogens is 467 g/mol. The van der Waals surface area contributed by atoms with Gasteiger partial charge in [-0.05, 0) is 35.9 Å². The molecule has 1 amide bonds. The van der Waals surface area contributed by atoms with E-state index in [0.29, 0.717) is 16.5 Å². The summed E-state index contributed by atoms with van der Waals surface area (Å²) in [6.45, 7) is 0.374. The number of nitrogens with zero attached hydrogens (tertiary/aromatic N) is 3. The van der Waals surface area contributed by atoms with E-state index in [1.54, 1.807) is 25.2 Å². The second kappa shape index (κ2) is 8.86. The molecule has 1 aromatic heterocycles. The Hall–Kier alpha value is -2.88. The number of benzene rings is 2. The third-order valence-corrected chi connectivity index (χ3v) is 4.85. The summed E-state index contributed by atoms with van der Waals surface area (Å²) in [5.41, 5.74) is 0.979. The summed E-state index contributed by atoms with van der Waals surface area (Å²) in [4.78, 5) is 30.7. The van der Waals surface area contributed by atoms with Crippen molar-refractivity contribution in [2.45, 2.75) is 25.9 Å². The van der Waals surface area contributed by atoms with Crippen molar-refractivity contribution < 1.29 is 22.7 Å². The molecule has 3 aromatic rings. The standard InChI is InChI=1S/C20H17BrF3N3O3/c1-26(11-13-2-5-15(6-3-13)30-20(22,23)24)18(28)8-9-27-12-25-17-7-4-14(21)10-16(17)19(27)29/h2-7,10,12H,8-9,11H2,1H3. The minimum Gasteiger partial charge on any atom is -0.406 e. The van der Waals surface area contributed by atoms with E-state index >= 15 is 0 Å². The molecule has 2 aromatic carbocycles. The van der Waals surface area contributed by atoms with Gasteiger partial charge in [-0.25, -0.2) is 4.98 Å². The number of ether oxygens (including phenoxy) is 1. The van der Waals surface area contributed by atoms with Gasteiger partial charge >= 0.3 is 6.36 Å². The average molecular weight is 484 g/mol. The van der Waals surface area contributed by atoms with Gasteiger partial charge in [0.25, 0.3) is 5.56 Å². The van der Waals surface area contributed by atoms with Crippen molar-refractivity contribution in [1.29, 1.82) is 0 Å². The van der Waals surface area contributed by atoms with E-state index in [9.17, 15) is 22.8 Å². The number of rotatable bonds is 6. The van der Waals surface area contributed by atoms with Crippen molar-refractivity contribution in [3.63, 3.8) is 0 Å². The zero-order chi connectivity index (χ0) is 21.9. The van der Waals surface area contributed by atoms with E-state index < -0.39 is 6.36 Å². The highest BCUT2D eigenvalue weighted by molar-refractivity contribution is 9.10. The number of halogens is 4. The fourth-order valence-corrected chi connectivity index (χ4v) is 3.22. The lowest BCUT2D eigenvalue weighted by atomic mass is 10.2. The molecule has 158 valence electrons. The largest absolute Gasteiger partial charge is 0.573 e. The molecule has 1 heterocycles. The van der Waals surface area contributed by atoms with Crippen LogP contribution in [0, 0.1) is 0 Å². The van der Waals surface area contributed by atoms with Gasteiger partial charge in [0.2, 0.25) is 5.91 Å². The monoisotopic (exact) mass is 483 g/mol. The smallest absolute Gasteiger partial charge is 0.406 e. The molecule has 0 aliphatic heterocycles. The van der Waals surface area contributed by atoms with Crippen LogP contribution in [-0.4, -0.2) is 33.8 Å². The number of hydrogen-bond acceptors (Lipinski definition) is 4. The van der Waals surface area contributed by atoms with Gasteiger partial charge in [0.05, 0.1) is 17.2 Å². The van der Waals surface area contributed by atoms with Crippen molar-refractivity contribution >= 4 is 32.7 Å². The topological polar surface area (TPSA) is 64.4 Å². The van der Waals surface area contributed by atoms with Crippen molar-refractivity contribution in [3.05, 3.63) is 69.2 Å². The van der Waals surface area contributed by atoms with Crippen LogP contribution >= 0.6 is 15.9 Å². The first-order chi connectivity index (χ1) is 14.1. The van der Waals surface area contributed by atoms with Gasteiger partial charge in [-0.3, -0.25) is 14.2 Å². The van der Waals surface area contributed by atoms with Gasteiger partial charge in [0.1, 0.15) is 5.75 Å². The number of fused-ring (bicyclic) bond motifs is 1. The van der Waals surface area contributed by atoms with Crippen LogP contribution in [0.25, 0.3) is 10.9 Å². The minimum atomic E-state index is -4.75. The van der Waals surface area contributed by atoms with Crippen molar-refractivity contribution in [3.8, 4) is 5.75 Å². The zero-order valence-corrected chi connectivity index (χ0v) is 17.4. The third kappa shape index (κ3) is 5.59. The summed E-state index contributed by atoms with van der Waals surface area (Å²) in [7, 11) is 1.58. The number of amides is 1. The van der Waals surface area contributed by atoms with E-state index in [1.165, 1.54) is 40.1 Å². The Bertz CT molecular complexity index is 1110. The number of hydrogen-bond donors (Lipinski definition) is 0. The number of aromatic nitrogens is 2. The summed E-state index contributed by atoms with van der Waals surface area (Å²) >= 11 is 3.32. The predicted octanol–water partition coefficient (Wildman–Crippen LogP) is 4.11. The van der Waals surface area contributed by atoms with E-state index in [4.69, 9.17) is 0 Å². The zero-order valence-electron chi connectivity index (χ0n) is 15.8. The second-order valence-corrected chi connectivity index (χ2v) is 7.51. The van der Waals surface area contributed by atoms with Gasteiger partial charge < -0.3 is 9.64 Å². The molecule has 0 fully saturated rings. The molecule has 3 rings (SSSR count). The van der Waals surface area contributed by atoms with E-state index in [2.05, 4.69) is 25.7 Å². The number of aryl methyl sites for hydroxylation is 1. The van der Waals surface area contributed by atoms with Crippen LogP contribution < -0.4 is 10.3 Å². The number of carbonyl (C=O) groups excluding carboxylic acids is 1. The summed E-state index contributed by atoms with van der Waals surface area (Å²) < 4.78 is 42.6. The van der Waals surface area contributed by atoms with E-state index in [-0.39, 0.29) is 36.7 Å². The van der Waals surface area contributed by atoms with Crippen LogP contribution in [0.4, 0.5) is 13.2 Å². The molecule has 0 saturated carbocycles. The fraction of sp³-hybridized carbons (Fsp3) is 0.250. The van der Waals surface area contributed by atoms with E-state index in [1.807, 2.05) is 0 Å². The van der Waals surface area contributed by atoms with E-state index in [0.717, 1.165) is 4.47 Å². The predicted molar refractivity (Wildman–Crippen MR) is 108 cm³/mol. The minimum absolute atomic E-state index is 0.0763. The van der Waals surface area contributed by atoms with Crippen molar-refractivity contribution in [2.24, 2.45) is 0 Å². The van der Waals surface area contributed by atoms with Gasteiger partial charge in [-0.1, -0.05) is 28.1 Å². The fourth-order valence-electron chi connectivity index (χ4n) is 2.86. The normalized spacial score (nSPS) is 11.5. The Kier molecular flexibility index (Phi) is 6.45. The molecule has 0 atom stereocenters. The molecule has 0 saturated heterocycles. The van der Waals surface area contributed by atoms with Crippen LogP contribution in [0.5, 0.6) is 5.75 Å². The first kappa shape index (κ1) is 21.8. The maximum atomic E-state index is 12.6. The van der Waals surface area contributed by atoms with Crippen molar-refractivity contribution in [2.75, 3.05) is 7.05 Å². The first-order valence-corrected chi connectivity index (χ1v) is 9.65. The van der Waals surface area contributed by atoms with Crippen LogP contribution in [0.3, 0.4) is 0 Å². The lowest BCUT2D eigenvalue weighted by molar-refractivity contribution is -0.274. The maximum Gasteiger partial charge on any atom is 0.573 e.